The van der Waals surface area contributed by atoms with Crippen LogP contribution in [0.5, 0.6) is 5.75 Å². The van der Waals surface area contributed by atoms with E-state index >= 15 is 0 Å². The second kappa shape index (κ2) is 9.29. The maximum atomic E-state index is 6.19. The number of aryl methyl sites for hydroxylation is 1. The van der Waals surface area contributed by atoms with Crippen molar-refractivity contribution in [2.45, 2.75) is 24.4 Å². The first-order valence-electron chi connectivity index (χ1n) is 10.5. The van der Waals surface area contributed by atoms with Crippen LogP contribution in [0.3, 0.4) is 0 Å². The molecule has 5 rings (SSSR count). The Hall–Kier alpha value is -3.29. The van der Waals surface area contributed by atoms with Crippen molar-refractivity contribution in [3.05, 3.63) is 95.0 Å². The molecule has 0 spiro atoms. The fourth-order valence-electron chi connectivity index (χ4n) is 3.60. The minimum atomic E-state index is 0.290. The Labute approximate surface area is 201 Å². The molecular formula is C25H22ClN5OS. The molecule has 3 heterocycles. The third-order valence-corrected chi connectivity index (χ3v) is 6.71. The zero-order chi connectivity index (χ0) is 22.8. The van der Waals surface area contributed by atoms with Crippen LogP contribution in [0, 0.1) is 6.92 Å². The Bertz CT molecular complexity index is 1410. The second-order valence-corrected chi connectivity index (χ2v) is 9.02. The molecule has 0 radical (unpaired) electrons. The molecule has 0 saturated heterocycles. The maximum Gasteiger partial charge on any atom is 0.191 e. The zero-order valence-corrected chi connectivity index (χ0v) is 19.8. The van der Waals surface area contributed by atoms with Crippen LogP contribution < -0.4 is 4.74 Å². The fraction of sp³-hybridized carbons (Fsp3) is 0.160. The number of hydrogen-bond donors (Lipinski definition) is 0. The van der Waals surface area contributed by atoms with Crippen LogP contribution in [-0.2, 0) is 19.4 Å². The largest absolute Gasteiger partial charge is 0.484 e. The molecule has 5 aromatic rings. The summed E-state index contributed by atoms with van der Waals surface area (Å²) in [5.74, 6) is 2.06. The van der Waals surface area contributed by atoms with Crippen LogP contribution in [0.25, 0.3) is 16.9 Å². The number of aromatic nitrogens is 5. The van der Waals surface area contributed by atoms with Gasteiger partial charge in [0.25, 0.3) is 0 Å². The van der Waals surface area contributed by atoms with Gasteiger partial charge in [0, 0.05) is 24.6 Å². The number of thioether (sulfide) groups is 1. The Morgan fingerprint density at radius 3 is 2.58 bits per heavy atom. The van der Waals surface area contributed by atoms with Crippen molar-refractivity contribution in [2.24, 2.45) is 7.05 Å². The normalized spacial score (nSPS) is 11.2. The van der Waals surface area contributed by atoms with Gasteiger partial charge in [-0.1, -0.05) is 71.9 Å². The van der Waals surface area contributed by atoms with Gasteiger partial charge in [-0.05, 0) is 30.7 Å². The lowest BCUT2D eigenvalue weighted by molar-refractivity contribution is 0.290. The van der Waals surface area contributed by atoms with Gasteiger partial charge < -0.3 is 13.7 Å². The molecule has 2 aromatic carbocycles. The van der Waals surface area contributed by atoms with Crippen molar-refractivity contribution in [3.8, 4) is 17.0 Å². The van der Waals surface area contributed by atoms with Crippen molar-refractivity contribution >= 4 is 29.0 Å². The van der Waals surface area contributed by atoms with E-state index in [2.05, 4.69) is 52.0 Å². The predicted octanol–water partition coefficient (Wildman–Crippen LogP) is 5.96. The van der Waals surface area contributed by atoms with Gasteiger partial charge in [-0.25, -0.2) is 4.98 Å². The van der Waals surface area contributed by atoms with Crippen molar-refractivity contribution in [3.63, 3.8) is 0 Å². The summed E-state index contributed by atoms with van der Waals surface area (Å²) >= 11 is 7.81. The molecule has 8 heteroatoms. The molecule has 0 bridgehead atoms. The van der Waals surface area contributed by atoms with Crippen LogP contribution in [0.15, 0.2) is 78.1 Å². The van der Waals surface area contributed by atoms with Crippen LogP contribution >= 0.6 is 23.4 Å². The Morgan fingerprint density at radius 1 is 0.970 bits per heavy atom. The summed E-state index contributed by atoms with van der Waals surface area (Å²) in [4.78, 5) is 4.91. The number of rotatable bonds is 7. The number of hydrogen-bond acceptors (Lipinski definition) is 5. The van der Waals surface area contributed by atoms with Gasteiger partial charge >= 0.3 is 0 Å². The van der Waals surface area contributed by atoms with E-state index < -0.39 is 0 Å². The molecular weight excluding hydrogens is 454 g/mol. The molecule has 0 aliphatic heterocycles. The third-order valence-electron chi connectivity index (χ3n) is 5.37. The summed E-state index contributed by atoms with van der Waals surface area (Å²) < 4.78 is 9.96. The summed E-state index contributed by atoms with van der Waals surface area (Å²) in [5, 5.41) is 10.1. The van der Waals surface area contributed by atoms with E-state index in [-0.39, 0.29) is 6.61 Å². The van der Waals surface area contributed by atoms with Gasteiger partial charge in [-0.3, -0.25) is 0 Å². The van der Waals surface area contributed by atoms with E-state index in [1.807, 2.05) is 48.0 Å². The molecule has 0 amide bonds. The quantitative estimate of drug-likeness (QED) is 0.272. The van der Waals surface area contributed by atoms with Crippen LogP contribution in [0.4, 0.5) is 0 Å². The van der Waals surface area contributed by atoms with E-state index in [4.69, 9.17) is 21.3 Å². The molecule has 0 fully saturated rings. The fourth-order valence-corrected chi connectivity index (χ4v) is 4.73. The Kier molecular flexibility index (Phi) is 6.07. The van der Waals surface area contributed by atoms with Gasteiger partial charge in [-0.2, -0.15) is 0 Å². The highest BCUT2D eigenvalue weighted by Crippen LogP contribution is 2.30. The van der Waals surface area contributed by atoms with Crippen LogP contribution in [0.1, 0.15) is 17.1 Å². The lowest BCUT2D eigenvalue weighted by atomic mass is 10.1. The minimum absolute atomic E-state index is 0.290. The minimum Gasteiger partial charge on any atom is -0.484 e. The lowest BCUT2D eigenvalue weighted by Crippen LogP contribution is -2.04. The average Bonchev–Trinajstić information content (AvgIpc) is 3.37. The summed E-state index contributed by atoms with van der Waals surface area (Å²) in [5.41, 5.74) is 5.33. The standard InChI is InChI=1S/C25H22ClN5OS/c1-17-12-13-22-27-24(18-8-4-3-5-9-18)20(31(22)14-17)16-33-25-29-28-23(30(25)2)15-32-21-11-7-6-10-19(21)26/h3-14H,15-16H2,1-2H3. The molecule has 6 nitrogen and oxygen atoms in total. The SMILES string of the molecule is Cc1ccc2nc(-c3ccccc3)c(CSc3nnc(COc4ccccc4Cl)n3C)n2c1. The third kappa shape index (κ3) is 4.47. The van der Waals surface area contributed by atoms with E-state index in [0.29, 0.717) is 16.5 Å². The number of pyridine rings is 1. The first-order valence-corrected chi connectivity index (χ1v) is 11.9. The molecule has 33 heavy (non-hydrogen) atoms. The monoisotopic (exact) mass is 475 g/mol. The lowest BCUT2D eigenvalue weighted by Gasteiger charge is -2.08. The number of nitrogens with zero attached hydrogens (tertiary/aromatic N) is 5. The number of halogens is 1. The molecule has 0 aliphatic rings. The first-order chi connectivity index (χ1) is 16.1. The highest BCUT2D eigenvalue weighted by molar-refractivity contribution is 7.98. The van der Waals surface area contributed by atoms with E-state index in [1.165, 1.54) is 5.56 Å². The zero-order valence-electron chi connectivity index (χ0n) is 18.3. The molecule has 166 valence electrons. The number of fused-ring (bicyclic) bond motifs is 1. The number of para-hydroxylation sites is 1. The smallest absolute Gasteiger partial charge is 0.191 e. The van der Waals surface area contributed by atoms with Crippen molar-refractivity contribution in [2.75, 3.05) is 0 Å². The van der Waals surface area contributed by atoms with E-state index in [9.17, 15) is 0 Å². The molecule has 0 N–H and O–H groups in total. The Morgan fingerprint density at radius 2 is 1.76 bits per heavy atom. The average molecular weight is 476 g/mol. The van der Waals surface area contributed by atoms with Crippen LogP contribution in [-0.4, -0.2) is 24.1 Å². The van der Waals surface area contributed by atoms with Crippen LogP contribution in [0.2, 0.25) is 5.02 Å². The van der Waals surface area contributed by atoms with Crippen molar-refractivity contribution < 1.29 is 4.74 Å². The second-order valence-electron chi connectivity index (χ2n) is 7.67. The summed E-state index contributed by atoms with van der Waals surface area (Å²) in [6.07, 6.45) is 2.13. The van der Waals surface area contributed by atoms with Gasteiger partial charge in [0.1, 0.15) is 18.0 Å². The number of ether oxygens (including phenoxy) is 1. The first kappa shape index (κ1) is 21.6. The number of imidazole rings is 1. The van der Waals surface area contributed by atoms with E-state index in [1.54, 1.807) is 17.8 Å². The Balaban J connectivity index is 1.39. The summed E-state index contributed by atoms with van der Waals surface area (Å²) in [7, 11) is 1.95. The molecule has 0 unspecified atom stereocenters. The summed E-state index contributed by atoms with van der Waals surface area (Å²) in [6, 6.07) is 21.8. The predicted molar refractivity (Wildman–Crippen MR) is 132 cm³/mol. The number of benzene rings is 2. The molecule has 0 saturated carbocycles. The molecule has 3 aromatic heterocycles. The van der Waals surface area contributed by atoms with Crippen molar-refractivity contribution in [1.29, 1.82) is 0 Å². The van der Waals surface area contributed by atoms with Gasteiger partial charge in [0.05, 0.1) is 16.4 Å². The van der Waals surface area contributed by atoms with Gasteiger partial charge in [-0.15, -0.1) is 10.2 Å². The maximum absolute atomic E-state index is 6.19. The topological polar surface area (TPSA) is 57.2 Å². The van der Waals surface area contributed by atoms with Gasteiger partial charge in [0.2, 0.25) is 0 Å². The summed E-state index contributed by atoms with van der Waals surface area (Å²) in [6.45, 7) is 2.38. The highest BCUT2D eigenvalue weighted by atomic mass is 35.5. The van der Waals surface area contributed by atoms with E-state index in [0.717, 1.165) is 33.6 Å². The molecule has 0 aliphatic carbocycles. The van der Waals surface area contributed by atoms with Gasteiger partial charge in [0.15, 0.2) is 11.0 Å². The van der Waals surface area contributed by atoms with Crippen molar-refractivity contribution in [1.82, 2.24) is 24.1 Å². The highest BCUT2D eigenvalue weighted by Gasteiger charge is 2.17. The molecule has 0 atom stereocenters.